The number of hydrogen-bond acceptors (Lipinski definition) is 4. The first kappa shape index (κ1) is 25.2. The summed E-state index contributed by atoms with van der Waals surface area (Å²) in [6, 6.07) is 13.7. The summed E-state index contributed by atoms with van der Waals surface area (Å²) in [4.78, 5) is 21.1. The summed E-state index contributed by atoms with van der Waals surface area (Å²) < 4.78 is 45.1. The molecule has 10 heteroatoms. The Balaban J connectivity index is 1.49. The molecule has 1 saturated heterocycles. The van der Waals surface area contributed by atoms with Gasteiger partial charge in [-0.2, -0.15) is 0 Å². The summed E-state index contributed by atoms with van der Waals surface area (Å²) in [6.07, 6.45) is 0.584. The molecule has 186 valence electrons. The molecule has 1 unspecified atom stereocenters. The van der Waals surface area contributed by atoms with Gasteiger partial charge >= 0.3 is 6.36 Å². The van der Waals surface area contributed by atoms with Crippen LogP contribution >= 0.6 is 15.9 Å². The van der Waals surface area contributed by atoms with Gasteiger partial charge < -0.3 is 14.2 Å². The minimum Gasteiger partial charge on any atom is -0.406 e. The molecule has 0 bridgehead atoms. The normalized spacial score (nSPS) is 17.1. The van der Waals surface area contributed by atoms with E-state index in [0.29, 0.717) is 25.3 Å². The van der Waals surface area contributed by atoms with Crippen LogP contribution in [0.15, 0.2) is 65.5 Å². The van der Waals surface area contributed by atoms with Crippen LogP contribution in [0.1, 0.15) is 31.0 Å². The van der Waals surface area contributed by atoms with Crippen molar-refractivity contribution in [2.24, 2.45) is 0 Å². The summed E-state index contributed by atoms with van der Waals surface area (Å²) in [6.45, 7) is 3.86. The second-order valence-electron chi connectivity index (χ2n) is 8.54. The van der Waals surface area contributed by atoms with Gasteiger partial charge in [-0.3, -0.25) is 9.69 Å². The summed E-state index contributed by atoms with van der Waals surface area (Å²) in [7, 11) is 0. The topological polar surface area (TPSA) is 50.6 Å². The highest BCUT2D eigenvalue weighted by Crippen LogP contribution is 2.29. The second-order valence-corrected chi connectivity index (χ2v) is 9.45. The van der Waals surface area contributed by atoms with Gasteiger partial charge in [-0.15, -0.1) is 13.2 Å². The van der Waals surface area contributed by atoms with Gasteiger partial charge in [0.2, 0.25) is 5.91 Å². The standard InChI is InChI=1S/C25H26BrF3N4O2/c1-2-4-21-15-33(20-5-3-6-23(11-20)35-25(27,28)29)24(34)16-31(21)14-22-12-30-17-32(22)13-18-7-9-19(26)10-8-18/h3,5-12,17,21H,2,4,13-16H2,1H3. The molecule has 0 spiro atoms. The third-order valence-electron chi connectivity index (χ3n) is 5.96. The number of carbonyl (C=O) groups is 1. The molecule has 4 rings (SSSR count). The van der Waals surface area contributed by atoms with E-state index in [-0.39, 0.29) is 24.2 Å². The molecule has 0 N–H and O–H groups in total. The maximum Gasteiger partial charge on any atom is 0.573 e. The highest BCUT2D eigenvalue weighted by atomic mass is 79.9. The largest absolute Gasteiger partial charge is 0.573 e. The highest BCUT2D eigenvalue weighted by molar-refractivity contribution is 9.10. The van der Waals surface area contributed by atoms with E-state index in [1.807, 2.05) is 30.5 Å². The molecule has 35 heavy (non-hydrogen) atoms. The molecule has 0 saturated carbocycles. The molecule has 0 radical (unpaired) electrons. The summed E-state index contributed by atoms with van der Waals surface area (Å²) in [5, 5.41) is 0. The molecule has 1 fully saturated rings. The fourth-order valence-electron chi connectivity index (χ4n) is 4.32. The van der Waals surface area contributed by atoms with Gasteiger partial charge in [0.05, 0.1) is 18.6 Å². The van der Waals surface area contributed by atoms with Crippen LogP contribution in [-0.2, 0) is 17.9 Å². The lowest BCUT2D eigenvalue weighted by molar-refractivity contribution is -0.274. The number of imidazole rings is 1. The smallest absolute Gasteiger partial charge is 0.406 e. The van der Waals surface area contributed by atoms with Crippen LogP contribution in [0.25, 0.3) is 0 Å². The van der Waals surface area contributed by atoms with E-state index < -0.39 is 6.36 Å². The van der Waals surface area contributed by atoms with E-state index in [0.717, 1.165) is 28.6 Å². The zero-order chi connectivity index (χ0) is 25.0. The Kier molecular flexibility index (Phi) is 7.81. The predicted molar refractivity (Wildman–Crippen MR) is 130 cm³/mol. The van der Waals surface area contributed by atoms with Crippen molar-refractivity contribution >= 4 is 27.5 Å². The Hall–Kier alpha value is -2.85. The Morgan fingerprint density at radius 1 is 1.14 bits per heavy atom. The van der Waals surface area contributed by atoms with Crippen molar-refractivity contribution in [1.29, 1.82) is 0 Å². The number of carbonyl (C=O) groups excluding carboxylic acids is 1. The first-order valence-electron chi connectivity index (χ1n) is 11.4. The van der Waals surface area contributed by atoms with E-state index in [4.69, 9.17) is 0 Å². The Bertz CT molecular complexity index is 1150. The van der Waals surface area contributed by atoms with Crippen LogP contribution in [-0.4, -0.2) is 45.9 Å². The molecular weight excluding hydrogens is 525 g/mol. The van der Waals surface area contributed by atoms with Gasteiger partial charge in [0.1, 0.15) is 5.75 Å². The van der Waals surface area contributed by atoms with Gasteiger partial charge in [-0.25, -0.2) is 4.98 Å². The van der Waals surface area contributed by atoms with E-state index >= 15 is 0 Å². The van der Waals surface area contributed by atoms with Crippen molar-refractivity contribution in [2.45, 2.75) is 45.3 Å². The average molecular weight is 551 g/mol. The van der Waals surface area contributed by atoms with Crippen LogP contribution in [0.3, 0.4) is 0 Å². The first-order valence-corrected chi connectivity index (χ1v) is 12.1. The van der Waals surface area contributed by atoms with Crippen molar-refractivity contribution in [3.63, 3.8) is 0 Å². The maximum atomic E-state index is 13.1. The highest BCUT2D eigenvalue weighted by Gasteiger charge is 2.34. The molecule has 3 aromatic rings. The molecule has 6 nitrogen and oxygen atoms in total. The summed E-state index contributed by atoms with van der Waals surface area (Å²) >= 11 is 3.45. The average Bonchev–Trinajstić information content (AvgIpc) is 3.22. The van der Waals surface area contributed by atoms with Crippen LogP contribution in [0.5, 0.6) is 5.75 Å². The number of nitrogens with zero attached hydrogens (tertiary/aromatic N) is 4. The summed E-state index contributed by atoms with van der Waals surface area (Å²) in [5.41, 5.74) is 2.54. The zero-order valence-electron chi connectivity index (χ0n) is 19.2. The van der Waals surface area contributed by atoms with Crippen molar-refractivity contribution in [3.05, 3.63) is 76.8 Å². The number of piperazine rings is 1. The number of benzene rings is 2. The number of aromatic nitrogens is 2. The lowest BCUT2D eigenvalue weighted by Gasteiger charge is -2.41. The van der Waals surface area contributed by atoms with Crippen LogP contribution in [0, 0.1) is 0 Å². The van der Waals surface area contributed by atoms with Crippen LogP contribution in [0.4, 0.5) is 18.9 Å². The first-order chi connectivity index (χ1) is 16.7. The molecular formula is C25H26BrF3N4O2. The minimum atomic E-state index is -4.79. The van der Waals surface area contributed by atoms with Gasteiger partial charge in [0.15, 0.2) is 0 Å². The molecule has 1 amide bonds. The number of anilines is 1. The molecule has 1 aliphatic heterocycles. The number of hydrogen-bond donors (Lipinski definition) is 0. The van der Waals surface area contributed by atoms with Gasteiger partial charge in [-0.05, 0) is 36.2 Å². The van der Waals surface area contributed by atoms with Crippen molar-refractivity contribution < 1.29 is 22.7 Å². The quantitative estimate of drug-likeness (QED) is 0.366. The lowest BCUT2D eigenvalue weighted by Crippen LogP contribution is -2.56. The number of alkyl halides is 3. The van der Waals surface area contributed by atoms with Crippen LogP contribution < -0.4 is 9.64 Å². The third-order valence-corrected chi connectivity index (χ3v) is 6.49. The van der Waals surface area contributed by atoms with E-state index in [1.165, 1.54) is 18.2 Å². The van der Waals surface area contributed by atoms with Crippen molar-refractivity contribution in [1.82, 2.24) is 14.5 Å². The fourth-order valence-corrected chi connectivity index (χ4v) is 4.59. The van der Waals surface area contributed by atoms with E-state index in [2.05, 4.69) is 42.0 Å². The number of ether oxygens (including phenoxy) is 1. The Morgan fingerprint density at radius 2 is 1.91 bits per heavy atom. The maximum absolute atomic E-state index is 13.1. The second kappa shape index (κ2) is 10.8. The fraction of sp³-hybridized carbons (Fsp3) is 0.360. The zero-order valence-corrected chi connectivity index (χ0v) is 20.8. The molecule has 2 aromatic carbocycles. The molecule has 1 aromatic heterocycles. The third kappa shape index (κ3) is 6.64. The monoisotopic (exact) mass is 550 g/mol. The number of amides is 1. The molecule has 1 atom stereocenters. The van der Waals surface area contributed by atoms with Crippen LogP contribution in [0.2, 0.25) is 0 Å². The van der Waals surface area contributed by atoms with E-state index in [1.54, 1.807) is 17.3 Å². The van der Waals surface area contributed by atoms with E-state index in [9.17, 15) is 18.0 Å². The number of halogens is 4. The SMILES string of the molecule is CCCC1CN(c2cccc(OC(F)(F)F)c2)C(=O)CN1Cc1cncn1Cc1ccc(Br)cc1. The van der Waals surface area contributed by atoms with Gasteiger partial charge in [-0.1, -0.05) is 47.5 Å². The van der Waals surface area contributed by atoms with Gasteiger partial charge in [0.25, 0.3) is 0 Å². The Morgan fingerprint density at radius 3 is 2.63 bits per heavy atom. The lowest BCUT2D eigenvalue weighted by atomic mass is 10.0. The Labute approximate surface area is 210 Å². The minimum absolute atomic E-state index is 0.0564. The molecule has 0 aliphatic carbocycles. The van der Waals surface area contributed by atoms with Crippen molar-refractivity contribution in [3.8, 4) is 5.75 Å². The van der Waals surface area contributed by atoms with Gasteiger partial charge in [0, 0.05) is 48.1 Å². The van der Waals surface area contributed by atoms with Crippen molar-refractivity contribution in [2.75, 3.05) is 18.0 Å². The molecule has 1 aliphatic rings. The summed E-state index contributed by atoms with van der Waals surface area (Å²) in [5.74, 6) is -0.505. The molecule has 2 heterocycles. The number of rotatable bonds is 8. The predicted octanol–water partition coefficient (Wildman–Crippen LogP) is 5.61.